The molecule has 0 aliphatic carbocycles. The molecular weight excluding hydrogens is 468 g/mol. The van der Waals surface area contributed by atoms with E-state index >= 15 is 0 Å². The lowest BCUT2D eigenvalue weighted by Crippen LogP contribution is -2.49. The van der Waals surface area contributed by atoms with Gasteiger partial charge >= 0.3 is 0 Å². The second kappa shape index (κ2) is 9.59. The Labute approximate surface area is 195 Å². The Morgan fingerprint density at radius 2 is 1.85 bits per heavy atom. The third kappa shape index (κ3) is 4.71. The number of aromatic nitrogens is 2. The maximum atomic E-state index is 14.9. The average Bonchev–Trinajstić information content (AvgIpc) is 2.78. The molecule has 11 heteroatoms. The molecule has 1 heterocycles. The number of nitrogens with zero attached hydrogens (tertiary/aromatic N) is 2. The van der Waals surface area contributed by atoms with Gasteiger partial charge in [-0.3, -0.25) is 14.2 Å². The number of hydrogen-bond acceptors (Lipinski definition) is 6. The second-order valence-electron chi connectivity index (χ2n) is 8.21. The molecule has 1 amide bonds. The van der Waals surface area contributed by atoms with Crippen molar-refractivity contribution in [2.24, 2.45) is 0 Å². The maximum absolute atomic E-state index is 14.9. The predicted octanol–water partition coefficient (Wildman–Crippen LogP) is 1.82. The summed E-state index contributed by atoms with van der Waals surface area (Å²) in [6.45, 7) is 0.974. The minimum Gasteiger partial charge on any atom is -0.396 e. The Morgan fingerprint density at radius 3 is 2.44 bits per heavy atom. The summed E-state index contributed by atoms with van der Waals surface area (Å²) in [4.78, 5) is 29.3. The van der Waals surface area contributed by atoms with Crippen molar-refractivity contribution in [2.45, 2.75) is 31.1 Å². The lowest BCUT2D eigenvalue weighted by molar-refractivity contribution is -0.123. The molecule has 2 N–H and O–H groups in total. The Morgan fingerprint density at radius 1 is 1.18 bits per heavy atom. The van der Waals surface area contributed by atoms with Gasteiger partial charge in [0.05, 0.1) is 17.2 Å². The van der Waals surface area contributed by atoms with Crippen LogP contribution in [0.3, 0.4) is 0 Å². The first-order valence-electron chi connectivity index (χ1n) is 10.4. The first kappa shape index (κ1) is 25.4. The quantitative estimate of drug-likeness (QED) is 0.494. The van der Waals surface area contributed by atoms with E-state index in [0.29, 0.717) is 5.56 Å². The van der Waals surface area contributed by atoms with Crippen molar-refractivity contribution in [3.05, 3.63) is 64.2 Å². The summed E-state index contributed by atoms with van der Waals surface area (Å²) in [6.07, 6.45) is 2.18. The van der Waals surface area contributed by atoms with Gasteiger partial charge in [0, 0.05) is 37.6 Å². The Balaban J connectivity index is 2.00. The van der Waals surface area contributed by atoms with Gasteiger partial charge in [-0.05, 0) is 43.5 Å². The summed E-state index contributed by atoms with van der Waals surface area (Å²) in [6, 6.07) is 6.43. The summed E-state index contributed by atoms with van der Waals surface area (Å²) >= 11 is 0. The van der Waals surface area contributed by atoms with Crippen LogP contribution in [0.5, 0.6) is 0 Å². The van der Waals surface area contributed by atoms with Crippen LogP contribution in [0.15, 0.2) is 41.5 Å². The van der Waals surface area contributed by atoms with Crippen molar-refractivity contribution in [3.8, 4) is 11.1 Å². The van der Waals surface area contributed by atoms with Gasteiger partial charge < -0.3 is 10.4 Å². The van der Waals surface area contributed by atoms with E-state index < -0.39 is 37.7 Å². The highest BCUT2D eigenvalue weighted by Crippen LogP contribution is 2.29. The van der Waals surface area contributed by atoms with E-state index in [1.54, 1.807) is 6.07 Å². The Kier molecular flexibility index (Phi) is 7.18. The number of sulfone groups is 1. The monoisotopic (exact) mass is 493 g/mol. The van der Waals surface area contributed by atoms with E-state index in [4.69, 9.17) is 5.11 Å². The van der Waals surface area contributed by atoms with Crippen molar-refractivity contribution >= 4 is 26.6 Å². The number of rotatable bonds is 8. The number of aliphatic hydroxyl groups is 1. The number of carbonyl (C=O) groups excluding carboxylic acids is 1. The molecule has 0 unspecified atom stereocenters. The zero-order valence-corrected chi connectivity index (χ0v) is 19.7. The molecule has 182 valence electrons. The van der Waals surface area contributed by atoms with Gasteiger partial charge in [-0.15, -0.1) is 0 Å². The summed E-state index contributed by atoms with van der Waals surface area (Å²) < 4.78 is 53.3. The summed E-state index contributed by atoms with van der Waals surface area (Å²) in [7, 11) is -2.49. The molecule has 0 radical (unpaired) electrons. The fraction of sp³-hybridized carbons (Fsp3) is 0.348. The van der Waals surface area contributed by atoms with Gasteiger partial charge in [0.1, 0.15) is 16.4 Å². The molecule has 8 nitrogen and oxygen atoms in total. The number of nitrogens with one attached hydrogen (secondary N) is 1. The summed E-state index contributed by atoms with van der Waals surface area (Å²) in [5, 5.41) is 11.3. The SMILES string of the molecule is CNC(=O)[C@@](C)(CCn1cnc2cc(-c3ccc(CCO)cc3F)c(F)cc2c1=O)S(C)(=O)=O. The molecule has 0 aliphatic rings. The third-order valence-corrected chi connectivity index (χ3v) is 8.02. The molecule has 0 aliphatic heterocycles. The zero-order valence-electron chi connectivity index (χ0n) is 18.9. The van der Waals surface area contributed by atoms with Crippen LogP contribution in [0.1, 0.15) is 18.9 Å². The minimum atomic E-state index is -3.81. The van der Waals surface area contributed by atoms with Gasteiger partial charge in [-0.25, -0.2) is 22.2 Å². The Hall–Kier alpha value is -3.18. The largest absolute Gasteiger partial charge is 0.396 e. The van der Waals surface area contributed by atoms with Crippen LogP contribution in [-0.2, 0) is 27.6 Å². The molecule has 1 atom stereocenters. The zero-order chi connectivity index (χ0) is 25.3. The highest BCUT2D eigenvalue weighted by Gasteiger charge is 2.42. The number of fused-ring (bicyclic) bond motifs is 1. The molecule has 0 saturated carbocycles. The van der Waals surface area contributed by atoms with Crippen LogP contribution in [0, 0.1) is 11.6 Å². The van der Waals surface area contributed by atoms with Crippen LogP contribution in [0.25, 0.3) is 22.0 Å². The number of carbonyl (C=O) groups is 1. The van der Waals surface area contributed by atoms with E-state index in [-0.39, 0.29) is 48.0 Å². The molecule has 0 spiro atoms. The van der Waals surface area contributed by atoms with Crippen LogP contribution in [0.2, 0.25) is 0 Å². The molecule has 0 saturated heterocycles. The standard InChI is InChI=1S/C23H25F2N3O5S/c1-23(22(31)26-2,34(3,32)33)7-8-28-13-27-20-12-16(19(25)11-17(20)21(28)30)15-5-4-14(6-9-29)10-18(15)24/h4-5,10-13,29H,6-9H2,1-3H3,(H,26,31)/t23-/m1/s1. The highest BCUT2D eigenvalue weighted by molar-refractivity contribution is 7.92. The van der Waals surface area contributed by atoms with Crippen LogP contribution in [-0.4, -0.2) is 53.6 Å². The van der Waals surface area contributed by atoms with Gasteiger partial charge in [0.15, 0.2) is 9.84 Å². The molecule has 3 aromatic rings. The number of aryl methyl sites for hydroxylation is 1. The first-order chi connectivity index (χ1) is 15.9. The molecule has 34 heavy (non-hydrogen) atoms. The summed E-state index contributed by atoms with van der Waals surface area (Å²) in [5.41, 5.74) is -0.0181. The molecule has 0 fully saturated rings. The molecule has 0 bridgehead atoms. The third-order valence-electron chi connectivity index (χ3n) is 5.99. The highest BCUT2D eigenvalue weighted by atomic mass is 32.2. The topological polar surface area (TPSA) is 118 Å². The van der Waals surface area contributed by atoms with E-state index in [2.05, 4.69) is 10.3 Å². The smallest absolute Gasteiger partial charge is 0.261 e. The van der Waals surface area contributed by atoms with Gasteiger partial charge in [-0.2, -0.15) is 0 Å². The molecular formula is C23H25F2N3O5S. The second-order valence-corrected chi connectivity index (χ2v) is 10.7. The lowest BCUT2D eigenvalue weighted by Gasteiger charge is -2.25. The van der Waals surface area contributed by atoms with Crippen molar-refractivity contribution in [1.82, 2.24) is 14.9 Å². The summed E-state index contributed by atoms with van der Waals surface area (Å²) in [5.74, 6) is -2.21. The fourth-order valence-electron chi connectivity index (χ4n) is 3.67. The van der Waals surface area contributed by atoms with E-state index in [9.17, 15) is 26.8 Å². The fourth-order valence-corrected chi connectivity index (χ4v) is 4.57. The van der Waals surface area contributed by atoms with Crippen molar-refractivity contribution < 1.29 is 27.1 Å². The van der Waals surface area contributed by atoms with Crippen LogP contribution >= 0.6 is 0 Å². The number of hydrogen-bond donors (Lipinski definition) is 2. The van der Waals surface area contributed by atoms with Gasteiger partial charge in [0.2, 0.25) is 5.91 Å². The number of halogens is 2. The lowest BCUT2D eigenvalue weighted by atomic mass is 10.00. The minimum absolute atomic E-state index is 0.0124. The normalized spacial score (nSPS) is 13.6. The van der Waals surface area contributed by atoms with E-state index in [1.165, 1.54) is 38.5 Å². The van der Waals surface area contributed by atoms with Crippen LogP contribution < -0.4 is 10.9 Å². The number of aliphatic hydroxyl groups excluding tert-OH is 1. The maximum Gasteiger partial charge on any atom is 0.261 e. The average molecular weight is 494 g/mol. The predicted molar refractivity (Wildman–Crippen MR) is 124 cm³/mol. The number of benzene rings is 2. The van der Waals surface area contributed by atoms with Gasteiger partial charge in [-0.1, -0.05) is 12.1 Å². The molecule has 3 rings (SSSR count). The number of amides is 1. The molecule has 1 aromatic heterocycles. The Bertz CT molecular complexity index is 1420. The molecule has 2 aromatic carbocycles. The van der Waals surface area contributed by atoms with Crippen molar-refractivity contribution in [1.29, 1.82) is 0 Å². The first-order valence-corrected chi connectivity index (χ1v) is 12.3. The van der Waals surface area contributed by atoms with E-state index in [1.807, 2.05) is 0 Å². The van der Waals surface area contributed by atoms with Crippen molar-refractivity contribution in [3.63, 3.8) is 0 Å². The van der Waals surface area contributed by atoms with Gasteiger partial charge in [0.25, 0.3) is 5.56 Å². The van der Waals surface area contributed by atoms with Crippen molar-refractivity contribution in [2.75, 3.05) is 19.9 Å². The van der Waals surface area contributed by atoms with E-state index in [0.717, 1.165) is 16.9 Å². The van der Waals surface area contributed by atoms with Crippen LogP contribution in [0.4, 0.5) is 8.78 Å².